The van der Waals surface area contributed by atoms with E-state index in [9.17, 15) is 13.2 Å². The van der Waals surface area contributed by atoms with Gasteiger partial charge in [0, 0.05) is 13.1 Å². The minimum absolute atomic E-state index is 0.153. The first-order chi connectivity index (χ1) is 16.8. The number of rotatable bonds is 8. The average molecular weight is 495 g/mol. The molecular formula is C27H30N2O5S. The molecule has 1 amide bonds. The predicted octanol–water partition coefficient (Wildman–Crippen LogP) is 3.49. The highest BCUT2D eigenvalue weighted by Gasteiger charge is 2.39. The number of hydrogen-bond donors (Lipinski definition) is 1. The summed E-state index contributed by atoms with van der Waals surface area (Å²) in [5, 5.41) is 2.94. The van der Waals surface area contributed by atoms with Gasteiger partial charge in [-0.3, -0.25) is 4.79 Å². The van der Waals surface area contributed by atoms with E-state index in [1.165, 1.54) is 4.31 Å². The van der Waals surface area contributed by atoms with Crippen LogP contribution in [0.5, 0.6) is 11.5 Å². The topological polar surface area (TPSA) is 84.9 Å². The second-order valence-corrected chi connectivity index (χ2v) is 10.5. The zero-order chi connectivity index (χ0) is 25.0. The van der Waals surface area contributed by atoms with Gasteiger partial charge in [0.2, 0.25) is 15.9 Å². The summed E-state index contributed by atoms with van der Waals surface area (Å²) in [6.45, 7) is 2.42. The molecule has 0 unspecified atom stereocenters. The van der Waals surface area contributed by atoms with Crippen LogP contribution >= 0.6 is 0 Å². The first kappa shape index (κ1) is 24.8. The lowest BCUT2D eigenvalue weighted by Gasteiger charge is -2.35. The summed E-state index contributed by atoms with van der Waals surface area (Å²) < 4.78 is 39.1. The third-order valence-electron chi connectivity index (χ3n) is 6.30. The molecule has 184 valence electrons. The molecule has 0 aliphatic carbocycles. The lowest BCUT2D eigenvalue weighted by Crippen LogP contribution is -2.52. The summed E-state index contributed by atoms with van der Waals surface area (Å²) in [6, 6.07) is 19.2. The standard InChI is InChI=1S/C27H30N2O5S/c1-19-8-11-23(12-9-19)35(31,32)29-18-22-7-5-4-6-21(22)17-24(29)27(30)28-15-14-20-10-13-25(33-2)26(16-20)34-3/h4-13,16,24H,14-15,17-18H2,1-3H3,(H,28,30)/t24-/m0/s1. The number of carbonyl (C=O) groups is 1. The molecular weight excluding hydrogens is 464 g/mol. The highest BCUT2D eigenvalue weighted by molar-refractivity contribution is 7.89. The molecule has 0 saturated heterocycles. The summed E-state index contributed by atoms with van der Waals surface area (Å²) in [7, 11) is -0.711. The molecule has 0 saturated carbocycles. The van der Waals surface area contributed by atoms with E-state index in [-0.39, 0.29) is 17.3 Å². The van der Waals surface area contributed by atoms with Gasteiger partial charge in [0.15, 0.2) is 11.5 Å². The minimum Gasteiger partial charge on any atom is -0.493 e. The maximum Gasteiger partial charge on any atom is 0.244 e. The van der Waals surface area contributed by atoms with Crippen LogP contribution in [-0.2, 0) is 34.2 Å². The molecule has 1 aliphatic rings. The predicted molar refractivity (Wildman–Crippen MR) is 134 cm³/mol. The summed E-state index contributed by atoms with van der Waals surface area (Å²) >= 11 is 0. The van der Waals surface area contributed by atoms with E-state index in [0.29, 0.717) is 30.9 Å². The van der Waals surface area contributed by atoms with Crippen molar-refractivity contribution in [1.29, 1.82) is 0 Å². The summed E-state index contributed by atoms with van der Waals surface area (Å²) in [5.41, 5.74) is 3.85. The van der Waals surface area contributed by atoms with Crippen molar-refractivity contribution < 1.29 is 22.7 Å². The van der Waals surface area contributed by atoms with Crippen molar-refractivity contribution in [3.8, 4) is 11.5 Å². The SMILES string of the molecule is COc1ccc(CCNC(=O)[C@@H]2Cc3ccccc3CN2S(=O)(=O)c2ccc(C)cc2)cc1OC. The molecule has 1 aliphatic heterocycles. The van der Waals surface area contributed by atoms with Gasteiger partial charge in [-0.15, -0.1) is 0 Å². The Balaban J connectivity index is 1.53. The van der Waals surface area contributed by atoms with Gasteiger partial charge >= 0.3 is 0 Å². The second kappa shape index (κ2) is 10.5. The smallest absolute Gasteiger partial charge is 0.244 e. The Morgan fingerprint density at radius 3 is 2.34 bits per heavy atom. The number of ether oxygens (including phenoxy) is 2. The number of aryl methyl sites for hydroxylation is 1. The van der Waals surface area contributed by atoms with E-state index in [0.717, 1.165) is 22.3 Å². The van der Waals surface area contributed by atoms with E-state index in [2.05, 4.69) is 5.32 Å². The van der Waals surface area contributed by atoms with Crippen LogP contribution in [0, 0.1) is 6.92 Å². The van der Waals surface area contributed by atoms with E-state index in [1.807, 2.05) is 49.4 Å². The van der Waals surface area contributed by atoms with Crippen molar-refractivity contribution >= 4 is 15.9 Å². The van der Waals surface area contributed by atoms with Gasteiger partial charge in [0.05, 0.1) is 19.1 Å². The van der Waals surface area contributed by atoms with Crippen LogP contribution < -0.4 is 14.8 Å². The quantitative estimate of drug-likeness (QED) is 0.518. The number of carbonyl (C=O) groups excluding carboxylic acids is 1. The van der Waals surface area contributed by atoms with Crippen molar-refractivity contribution in [2.75, 3.05) is 20.8 Å². The molecule has 0 radical (unpaired) electrons. The van der Waals surface area contributed by atoms with Crippen LogP contribution in [0.1, 0.15) is 22.3 Å². The zero-order valence-corrected chi connectivity index (χ0v) is 21.0. The molecule has 3 aromatic rings. The third-order valence-corrected chi connectivity index (χ3v) is 8.17. The van der Waals surface area contributed by atoms with Crippen molar-refractivity contribution in [3.63, 3.8) is 0 Å². The number of methoxy groups -OCH3 is 2. The Hall–Kier alpha value is -3.36. The third kappa shape index (κ3) is 5.33. The molecule has 4 rings (SSSR count). The Labute approximate surface area is 206 Å². The number of amides is 1. The van der Waals surface area contributed by atoms with Gasteiger partial charge in [-0.2, -0.15) is 4.31 Å². The van der Waals surface area contributed by atoms with Crippen LogP contribution in [0.25, 0.3) is 0 Å². The van der Waals surface area contributed by atoms with E-state index in [1.54, 1.807) is 38.5 Å². The van der Waals surface area contributed by atoms with E-state index < -0.39 is 16.1 Å². The number of nitrogens with zero attached hydrogens (tertiary/aromatic N) is 1. The lowest BCUT2D eigenvalue weighted by atomic mass is 9.95. The van der Waals surface area contributed by atoms with Crippen LogP contribution in [0.2, 0.25) is 0 Å². The highest BCUT2D eigenvalue weighted by atomic mass is 32.2. The fourth-order valence-corrected chi connectivity index (χ4v) is 5.87. The highest BCUT2D eigenvalue weighted by Crippen LogP contribution is 2.30. The molecule has 3 aromatic carbocycles. The maximum atomic E-state index is 13.6. The van der Waals surface area contributed by atoms with Gasteiger partial charge in [-0.05, 0) is 60.7 Å². The molecule has 1 atom stereocenters. The van der Waals surface area contributed by atoms with E-state index >= 15 is 0 Å². The first-order valence-electron chi connectivity index (χ1n) is 11.5. The Kier molecular flexibility index (Phi) is 7.42. The van der Waals surface area contributed by atoms with Crippen LogP contribution in [0.4, 0.5) is 0 Å². The Bertz CT molecular complexity index is 1310. The average Bonchev–Trinajstić information content (AvgIpc) is 2.88. The molecule has 8 heteroatoms. The van der Waals surface area contributed by atoms with Crippen molar-refractivity contribution in [2.24, 2.45) is 0 Å². The zero-order valence-electron chi connectivity index (χ0n) is 20.2. The van der Waals surface area contributed by atoms with Gasteiger partial charge in [0.1, 0.15) is 6.04 Å². The second-order valence-electron chi connectivity index (χ2n) is 8.58. The normalized spacial score (nSPS) is 15.8. The van der Waals surface area contributed by atoms with E-state index in [4.69, 9.17) is 9.47 Å². The first-order valence-corrected chi connectivity index (χ1v) is 12.9. The fraction of sp³-hybridized carbons (Fsp3) is 0.296. The lowest BCUT2D eigenvalue weighted by molar-refractivity contribution is -0.125. The fourth-order valence-electron chi connectivity index (χ4n) is 4.30. The molecule has 7 nitrogen and oxygen atoms in total. The van der Waals surface area contributed by atoms with Crippen molar-refractivity contribution in [2.45, 2.75) is 37.2 Å². The van der Waals surface area contributed by atoms with Crippen LogP contribution in [0.3, 0.4) is 0 Å². The van der Waals surface area contributed by atoms with Gasteiger partial charge in [-0.25, -0.2) is 8.42 Å². The summed E-state index contributed by atoms with van der Waals surface area (Å²) in [5.74, 6) is 0.948. The maximum absolute atomic E-state index is 13.6. The van der Waals surface area contributed by atoms with Gasteiger partial charge < -0.3 is 14.8 Å². The molecule has 0 spiro atoms. The molecule has 1 N–H and O–H groups in total. The summed E-state index contributed by atoms with van der Waals surface area (Å²) in [4.78, 5) is 13.5. The van der Waals surface area contributed by atoms with Crippen LogP contribution in [-0.4, -0.2) is 45.4 Å². The largest absolute Gasteiger partial charge is 0.493 e. The Morgan fingerprint density at radius 1 is 0.971 bits per heavy atom. The van der Waals surface area contributed by atoms with Gasteiger partial charge in [0.25, 0.3) is 0 Å². The molecule has 35 heavy (non-hydrogen) atoms. The number of benzene rings is 3. The number of nitrogens with one attached hydrogen (secondary N) is 1. The van der Waals surface area contributed by atoms with Crippen LogP contribution in [0.15, 0.2) is 71.6 Å². The Morgan fingerprint density at radius 2 is 1.66 bits per heavy atom. The molecule has 0 fully saturated rings. The van der Waals surface area contributed by atoms with Crippen molar-refractivity contribution in [1.82, 2.24) is 9.62 Å². The van der Waals surface area contributed by atoms with Crippen molar-refractivity contribution in [3.05, 3.63) is 89.0 Å². The molecule has 1 heterocycles. The number of fused-ring (bicyclic) bond motifs is 1. The minimum atomic E-state index is -3.87. The number of hydrogen-bond acceptors (Lipinski definition) is 5. The number of sulfonamides is 1. The monoisotopic (exact) mass is 494 g/mol. The molecule has 0 bridgehead atoms. The van der Waals surface area contributed by atoms with Gasteiger partial charge in [-0.1, -0.05) is 48.0 Å². The molecule has 0 aromatic heterocycles. The summed E-state index contributed by atoms with van der Waals surface area (Å²) in [6.07, 6.45) is 0.892.